The second-order valence-electron chi connectivity index (χ2n) is 5.36. The molecular formula is C16H23N3O2. The van der Waals surface area contributed by atoms with Crippen molar-refractivity contribution in [3.63, 3.8) is 0 Å². The van der Waals surface area contributed by atoms with Crippen molar-refractivity contribution in [2.24, 2.45) is 0 Å². The van der Waals surface area contributed by atoms with Gasteiger partial charge in [-0.2, -0.15) is 0 Å². The van der Waals surface area contributed by atoms with E-state index in [2.05, 4.69) is 21.7 Å². The van der Waals surface area contributed by atoms with Crippen molar-refractivity contribution in [3.8, 4) is 0 Å². The van der Waals surface area contributed by atoms with Crippen LogP contribution in [-0.2, 0) is 4.79 Å². The van der Waals surface area contributed by atoms with E-state index in [-0.39, 0.29) is 0 Å². The van der Waals surface area contributed by atoms with Gasteiger partial charge in [0.2, 0.25) is 0 Å². The summed E-state index contributed by atoms with van der Waals surface area (Å²) in [4.78, 5) is 19.8. The quantitative estimate of drug-likeness (QED) is 0.841. The van der Waals surface area contributed by atoms with E-state index < -0.39 is 5.97 Å². The molecule has 0 bridgehead atoms. The fourth-order valence-corrected chi connectivity index (χ4v) is 2.79. The summed E-state index contributed by atoms with van der Waals surface area (Å²) in [7, 11) is 2.05. The van der Waals surface area contributed by atoms with Crippen LogP contribution in [0.4, 0.5) is 5.82 Å². The number of aliphatic carboxylic acids is 1. The van der Waals surface area contributed by atoms with Gasteiger partial charge in [0.15, 0.2) is 0 Å². The summed E-state index contributed by atoms with van der Waals surface area (Å²) in [5, 5.41) is 8.78. The number of carboxylic acids is 1. The maximum atomic E-state index is 10.7. The van der Waals surface area contributed by atoms with Gasteiger partial charge in [0, 0.05) is 44.0 Å². The molecule has 1 aromatic heterocycles. The van der Waals surface area contributed by atoms with Gasteiger partial charge in [-0.05, 0) is 37.6 Å². The first-order chi connectivity index (χ1) is 10.1. The van der Waals surface area contributed by atoms with E-state index in [0.29, 0.717) is 6.04 Å². The van der Waals surface area contributed by atoms with Crippen LogP contribution in [0.15, 0.2) is 24.4 Å². The average molecular weight is 289 g/mol. The van der Waals surface area contributed by atoms with Crippen LogP contribution in [0.2, 0.25) is 0 Å². The van der Waals surface area contributed by atoms with Gasteiger partial charge in [-0.15, -0.1) is 0 Å². The predicted molar refractivity (Wildman–Crippen MR) is 84.4 cm³/mol. The van der Waals surface area contributed by atoms with Crippen molar-refractivity contribution in [2.75, 3.05) is 31.6 Å². The SMILES string of the molecule is CCN1CCC(N(C)c2ncccc2/C=C/C(=O)O)CC1. The molecule has 0 amide bonds. The van der Waals surface area contributed by atoms with Crippen molar-refractivity contribution in [1.82, 2.24) is 9.88 Å². The Morgan fingerprint density at radius 2 is 2.24 bits per heavy atom. The zero-order chi connectivity index (χ0) is 15.2. The van der Waals surface area contributed by atoms with Crippen LogP contribution >= 0.6 is 0 Å². The molecule has 0 unspecified atom stereocenters. The van der Waals surface area contributed by atoms with Gasteiger partial charge in [-0.25, -0.2) is 9.78 Å². The first-order valence-electron chi connectivity index (χ1n) is 7.43. The van der Waals surface area contributed by atoms with E-state index in [1.54, 1.807) is 12.3 Å². The largest absolute Gasteiger partial charge is 0.478 e. The molecule has 0 aromatic carbocycles. The number of nitrogens with zero attached hydrogens (tertiary/aromatic N) is 3. The molecule has 2 rings (SSSR count). The number of hydrogen-bond acceptors (Lipinski definition) is 4. The first kappa shape index (κ1) is 15.5. The summed E-state index contributed by atoms with van der Waals surface area (Å²) < 4.78 is 0. The molecule has 0 saturated carbocycles. The minimum Gasteiger partial charge on any atom is -0.478 e. The summed E-state index contributed by atoms with van der Waals surface area (Å²) in [6.07, 6.45) is 6.76. The van der Waals surface area contributed by atoms with Crippen LogP contribution in [0.1, 0.15) is 25.3 Å². The molecule has 21 heavy (non-hydrogen) atoms. The number of aromatic nitrogens is 1. The van der Waals surface area contributed by atoms with E-state index >= 15 is 0 Å². The Bertz CT molecular complexity index is 508. The fourth-order valence-electron chi connectivity index (χ4n) is 2.79. The van der Waals surface area contributed by atoms with Crippen molar-refractivity contribution in [1.29, 1.82) is 0 Å². The maximum Gasteiger partial charge on any atom is 0.328 e. The number of carboxylic acid groups (broad SMARTS) is 1. The lowest BCUT2D eigenvalue weighted by Gasteiger charge is -2.37. The Kier molecular flexibility index (Phi) is 5.33. The maximum absolute atomic E-state index is 10.7. The zero-order valence-electron chi connectivity index (χ0n) is 12.7. The average Bonchev–Trinajstić information content (AvgIpc) is 2.52. The molecule has 0 aliphatic carbocycles. The topological polar surface area (TPSA) is 56.7 Å². The van der Waals surface area contributed by atoms with Crippen LogP contribution in [-0.4, -0.2) is 53.7 Å². The second kappa shape index (κ2) is 7.22. The van der Waals surface area contributed by atoms with Crippen LogP contribution in [0.25, 0.3) is 6.08 Å². The van der Waals surface area contributed by atoms with Crippen molar-refractivity contribution in [2.45, 2.75) is 25.8 Å². The third-order valence-corrected chi connectivity index (χ3v) is 4.11. The summed E-state index contributed by atoms with van der Waals surface area (Å²) in [6, 6.07) is 4.19. The van der Waals surface area contributed by atoms with Gasteiger partial charge >= 0.3 is 5.97 Å². The Balaban J connectivity index is 2.12. The minimum atomic E-state index is -0.941. The van der Waals surface area contributed by atoms with E-state index in [4.69, 9.17) is 5.11 Å². The Morgan fingerprint density at radius 3 is 2.86 bits per heavy atom. The Labute approximate surface area is 125 Å². The molecule has 114 valence electrons. The van der Waals surface area contributed by atoms with Crippen molar-refractivity contribution in [3.05, 3.63) is 30.0 Å². The molecule has 0 atom stereocenters. The molecule has 1 fully saturated rings. The normalized spacial score (nSPS) is 17.2. The Morgan fingerprint density at radius 1 is 1.52 bits per heavy atom. The summed E-state index contributed by atoms with van der Waals surface area (Å²) in [5.74, 6) is -0.0892. The molecule has 1 N–H and O–H groups in total. The molecule has 2 heterocycles. The predicted octanol–water partition coefficient (Wildman–Crippen LogP) is 2.10. The highest BCUT2D eigenvalue weighted by Crippen LogP contribution is 2.24. The van der Waals surface area contributed by atoms with E-state index in [9.17, 15) is 4.79 Å². The highest BCUT2D eigenvalue weighted by molar-refractivity contribution is 5.86. The lowest BCUT2D eigenvalue weighted by molar-refractivity contribution is -0.131. The van der Waals surface area contributed by atoms with Crippen molar-refractivity contribution >= 4 is 17.9 Å². The van der Waals surface area contributed by atoms with Gasteiger partial charge < -0.3 is 14.9 Å². The minimum absolute atomic E-state index is 0.458. The number of likely N-dealkylation sites (tertiary alicyclic amines) is 1. The lowest BCUT2D eigenvalue weighted by atomic mass is 10.0. The Hall–Kier alpha value is -1.88. The third kappa shape index (κ3) is 4.04. The molecule has 0 spiro atoms. The van der Waals surface area contributed by atoms with Gasteiger partial charge in [0.25, 0.3) is 0 Å². The van der Waals surface area contributed by atoms with Gasteiger partial charge in [0.05, 0.1) is 0 Å². The molecule has 0 radical (unpaired) electrons. The van der Waals surface area contributed by atoms with Crippen LogP contribution in [0, 0.1) is 0 Å². The molecule has 1 aromatic rings. The monoisotopic (exact) mass is 289 g/mol. The first-order valence-corrected chi connectivity index (χ1v) is 7.43. The van der Waals surface area contributed by atoms with E-state index in [0.717, 1.165) is 49.9 Å². The number of anilines is 1. The number of rotatable bonds is 5. The van der Waals surface area contributed by atoms with Gasteiger partial charge in [-0.1, -0.05) is 6.92 Å². The summed E-state index contributed by atoms with van der Waals surface area (Å²) in [5.41, 5.74) is 0.848. The number of hydrogen-bond donors (Lipinski definition) is 1. The number of carbonyl (C=O) groups is 1. The van der Waals surface area contributed by atoms with Gasteiger partial charge in [0.1, 0.15) is 5.82 Å². The van der Waals surface area contributed by atoms with Crippen LogP contribution in [0.3, 0.4) is 0 Å². The summed E-state index contributed by atoms with van der Waals surface area (Å²) in [6.45, 7) is 5.52. The van der Waals surface area contributed by atoms with E-state index in [1.807, 2.05) is 19.2 Å². The third-order valence-electron chi connectivity index (χ3n) is 4.11. The molecule has 1 aliphatic heterocycles. The summed E-state index contributed by atoms with van der Waals surface area (Å²) >= 11 is 0. The number of piperidine rings is 1. The fraction of sp³-hybridized carbons (Fsp3) is 0.500. The number of pyridine rings is 1. The smallest absolute Gasteiger partial charge is 0.328 e. The highest BCUT2D eigenvalue weighted by Gasteiger charge is 2.23. The molecule has 5 heteroatoms. The van der Waals surface area contributed by atoms with Crippen molar-refractivity contribution < 1.29 is 9.90 Å². The standard InChI is InChI=1S/C16H23N3O2/c1-3-19-11-8-14(9-12-19)18(2)16-13(5-4-10-17-16)6-7-15(20)21/h4-7,10,14H,3,8-9,11-12H2,1-2H3,(H,20,21)/b7-6+. The zero-order valence-corrected chi connectivity index (χ0v) is 12.7. The lowest BCUT2D eigenvalue weighted by Crippen LogP contribution is -2.43. The molecular weight excluding hydrogens is 266 g/mol. The highest BCUT2D eigenvalue weighted by atomic mass is 16.4. The van der Waals surface area contributed by atoms with Crippen LogP contribution < -0.4 is 4.90 Å². The van der Waals surface area contributed by atoms with Gasteiger partial charge in [-0.3, -0.25) is 0 Å². The van der Waals surface area contributed by atoms with E-state index in [1.165, 1.54) is 0 Å². The molecule has 1 saturated heterocycles. The van der Waals surface area contributed by atoms with Crippen LogP contribution in [0.5, 0.6) is 0 Å². The molecule has 1 aliphatic rings. The second-order valence-corrected chi connectivity index (χ2v) is 5.36. The molecule has 5 nitrogen and oxygen atoms in total.